The van der Waals surface area contributed by atoms with Gasteiger partial charge in [-0.3, -0.25) is 23.7 Å². The second-order valence-electron chi connectivity index (χ2n) is 12.3. The molecule has 6 nitrogen and oxygen atoms in total. The van der Waals surface area contributed by atoms with E-state index >= 15 is 4.39 Å². The second kappa shape index (κ2) is 13.3. The molecule has 11 heteroatoms. The minimum atomic E-state index is -1.50. The van der Waals surface area contributed by atoms with Gasteiger partial charge in [0.2, 0.25) is 11.8 Å². The molecular weight excluding hydrogens is 602 g/mol. The predicted molar refractivity (Wildman–Crippen MR) is 162 cm³/mol. The van der Waals surface area contributed by atoms with Crippen molar-refractivity contribution in [2.45, 2.75) is 86.7 Å². The van der Waals surface area contributed by atoms with Gasteiger partial charge in [-0.2, -0.15) is 0 Å². The first-order valence-corrected chi connectivity index (χ1v) is 15.8. The highest BCUT2D eigenvalue weighted by Crippen LogP contribution is 2.57. The van der Waals surface area contributed by atoms with Gasteiger partial charge < -0.3 is 15.7 Å². The summed E-state index contributed by atoms with van der Waals surface area (Å²) in [7, 11) is 0. The number of halogens is 5. The number of aliphatic hydroxyl groups is 1. The van der Waals surface area contributed by atoms with Crippen molar-refractivity contribution < 1.29 is 27.9 Å². The molecule has 2 aromatic carbocycles. The van der Waals surface area contributed by atoms with Gasteiger partial charge in [-0.1, -0.05) is 41.4 Å². The van der Waals surface area contributed by atoms with Crippen molar-refractivity contribution in [2.75, 3.05) is 25.3 Å². The molecule has 0 radical (unpaired) electrons. The zero-order chi connectivity index (χ0) is 30.8. The van der Waals surface area contributed by atoms with Gasteiger partial charge in [0.15, 0.2) is 0 Å². The van der Waals surface area contributed by atoms with E-state index in [4.69, 9.17) is 23.2 Å². The van der Waals surface area contributed by atoms with Crippen molar-refractivity contribution in [3.63, 3.8) is 0 Å². The van der Waals surface area contributed by atoms with E-state index in [1.54, 1.807) is 30.3 Å². The lowest BCUT2D eigenvalue weighted by Crippen LogP contribution is -2.58. The van der Waals surface area contributed by atoms with Crippen LogP contribution in [-0.4, -0.2) is 54.5 Å². The Kier molecular flexibility index (Phi) is 9.96. The molecule has 2 fully saturated rings. The highest BCUT2D eigenvalue weighted by atomic mass is 35.5. The molecule has 43 heavy (non-hydrogen) atoms. The van der Waals surface area contributed by atoms with Crippen molar-refractivity contribution in [1.82, 2.24) is 10.6 Å². The highest BCUT2D eigenvalue weighted by molar-refractivity contribution is 6.31. The number of carbonyl (C=O) groups excluding carboxylic acids is 2. The fourth-order valence-corrected chi connectivity index (χ4v) is 8.11. The Hall–Kier alpha value is -2.33. The molecule has 2 aliphatic heterocycles. The minimum absolute atomic E-state index is 0.0761. The normalized spacial score (nSPS) is 28.0. The van der Waals surface area contributed by atoms with Crippen LogP contribution in [0.3, 0.4) is 0 Å². The van der Waals surface area contributed by atoms with Gasteiger partial charge >= 0.3 is 0 Å². The van der Waals surface area contributed by atoms with Crippen molar-refractivity contribution in [3.05, 3.63) is 63.4 Å². The van der Waals surface area contributed by atoms with Crippen LogP contribution in [0.25, 0.3) is 0 Å². The van der Waals surface area contributed by atoms with Gasteiger partial charge in [0.1, 0.15) is 5.82 Å². The second-order valence-corrected chi connectivity index (χ2v) is 13.2. The number of fused-ring (bicyclic) bond motifs is 1. The molecule has 3 aliphatic rings. The largest absolute Gasteiger partial charge is 0.396 e. The SMILES string of the molecule is O=C1Nc2cc(Cl)ccc2C1[C@@]1(c2cccc(Cl)c2F)CC(CCCF)(CCCF)N[C@H]1C(=O)N[C@H]1CC[C@H](CO)CC1. The predicted octanol–water partition coefficient (Wildman–Crippen LogP) is 6.37. The molecule has 1 saturated carbocycles. The van der Waals surface area contributed by atoms with Crippen molar-refractivity contribution in [1.29, 1.82) is 0 Å². The van der Waals surface area contributed by atoms with E-state index in [0.29, 0.717) is 29.1 Å². The molecule has 2 aromatic rings. The summed E-state index contributed by atoms with van der Waals surface area (Å²) in [5.74, 6) is -2.43. The Bertz CT molecular complexity index is 1330. The first kappa shape index (κ1) is 32.1. The summed E-state index contributed by atoms with van der Waals surface area (Å²) in [5, 5.41) is 19.3. The van der Waals surface area contributed by atoms with Crippen LogP contribution in [0.5, 0.6) is 0 Å². The van der Waals surface area contributed by atoms with E-state index < -0.39 is 53.9 Å². The van der Waals surface area contributed by atoms with E-state index in [2.05, 4.69) is 16.0 Å². The summed E-state index contributed by atoms with van der Waals surface area (Å²) in [6.07, 6.45) is 3.75. The molecule has 1 saturated heterocycles. The van der Waals surface area contributed by atoms with Gasteiger partial charge in [-0.25, -0.2) is 4.39 Å². The van der Waals surface area contributed by atoms with Crippen molar-refractivity contribution in [3.8, 4) is 0 Å². The third kappa shape index (κ3) is 6.15. The lowest BCUT2D eigenvalue weighted by molar-refractivity contribution is -0.126. The number of alkyl halides is 2. The van der Waals surface area contributed by atoms with E-state index in [-0.39, 0.29) is 61.3 Å². The molecule has 234 valence electrons. The van der Waals surface area contributed by atoms with Crippen LogP contribution in [0.1, 0.15) is 74.8 Å². The molecule has 1 unspecified atom stereocenters. The average molecular weight is 641 g/mol. The third-order valence-electron chi connectivity index (χ3n) is 9.70. The van der Waals surface area contributed by atoms with Gasteiger partial charge in [0, 0.05) is 34.3 Å². The van der Waals surface area contributed by atoms with Gasteiger partial charge in [-0.15, -0.1) is 0 Å². The maximum atomic E-state index is 16.3. The summed E-state index contributed by atoms with van der Waals surface area (Å²) >= 11 is 12.6. The molecule has 1 aliphatic carbocycles. The zero-order valence-corrected chi connectivity index (χ0v) is 25.4. The lowest BCUT2D eigenvalue weighted by atomic mass is 9.60. The van der Waals surface area contributed by atoms with Crippen molar-refractivity contribution in [2.24, 2.45) is 5.92 Å². The molecule has 0 bridgehead atoms. The highest BCUT2D eigenvalue weighted by Gasteiger charge is 2.64. The molecule has 3 atom stereocenters. The maximum Gasteiger partial charge on any atom is 0.238 e. The smallest absolute Gasteiger partial charge is 0.238 e. The molecule has 0 spiro atoms. The Balaban J connectivity index is 1.68. The average Bonchev–Trinajstić information content (AvgIpc) is 3.51. The standard InChI is InChI=1S/C32H38Cl2F3N3O3/c33-20-8-11-22-25(16-20)39-29(42)26(22)32(23-4-1-5-24(34)27(23)37)18-31(12-2-14-35,13-3-15-36)40-28(32)30(43)38-21-9-6-19(17-41)7-10-21/h1,4-5,8,11,16,19,21,26,28,40-41H,2-3,6-7,9-10,12-15,17-18H2,(H,38,43)(H,39,42)/t19-,21-,26?,28-,32-/m0/s1. The molecule has 0 aromatic heterocycles. The summed E-state index contributed by atoms with van der Waals surface area (Å²) in [4.78, 5) is 28.4. The number of hydrogen-bond donors (Lipinski definition) is 4. The number of amides is 2. The Morgan fingerprint density at radius 3 is 2.40 bits per heavy atom. The van der Waals surface area contributed by atoms with Crippen LogP contribution in [0.15, 0.2) is 36.4 Å². The zero-order valence-electron chi connectivity index (χ0n) is 23.9. The molecule has 2 heterocycles. The Labute approximate surface area is 260 Å². The topological polar surface area (TPSA) is 90.5 Å². The van der Waals surface area contributed by atoms with Crippen LogP contribution in [0.2, 0.25) is 10.0 Å². The van der Waals surface area contributed by atoms with E-state index in [0.717, 1.165) is 12.8 Å². The van der Waals surface area contributed by atoms with E-state index in [9.17, 15) is 23.5 Å². The first-order chi connectivity index (χ1) is 20.7. The molecule has 5 rings (SSSR count). The Morgan fingerprint density at radius 1 is 1.05 bits per heavy atom. The number of benzene rings is 2. The minimum Gasteiger partial charge on any atom is -0.396 e. The monoisotopic (exact) mass is 639 g/mol. The number of rotatable bonds is 11. The van der Waals surface area contributed by atoms with Crippen LogP contribution >= 0.6 is 23.2 Å². The fourth-order valence-electron chi connectivity index (χ4n) is 7.76. The molecule has 4 N–H and O–H groups in total. The number of carbonyl (C=O) groups is 2. The summed E-state index contributed by atoms with van der Waals surface area (Å²) in [5.41, 5.74) is -1.34. The van der Waals surface area contributed by atoms with E-state index in [1.807, 2.05) is 0 Å². The first-order valence-electron chi connectivity index (χ1n) is 15.0. The van der Waals surface area contributed by atoms with E-state index in [1.165, 1.54) is 6.07 Å². The van der Waals surface area contributed by atoms with Crippen LogP contribution in [0.4, 0.5) is 18.9 Å². The number of anilines is 1. The van der Waals surface area contributed by atoms with Gasteiger partial charge in [0.25, 0.3) is 0 Å². The van der Waals surface area contributed by atoms with Crippen LogP contribution in [-0.2, 0) is 15.0 Å². The van der Waals surface area contributed by atoms with Crippen LogP contribution < -0.4 is 16.0 Å². The molecule has 2 amide bonds. The quantitative estimate of drug-likeness (QED) is 0.230. The summed E-state index contributed by atoms with van der Waals surface area (Å²) < 4.78 is 43.5. The maximum absolute atomic E-state index is 16.3. The van der Waals surface area contributed by atoms with Crippen LogP contribution in [0, 0.1) is 11.7 Å². The number of nitrogens with one attached hydrogen (secondary N) is 3. The lowest BCUT2D eigenvalue weighted by Gasteiger charge is -2.40. The number of hydrogen-bond acceptors (Lipinski definition) is 4. The Morgan fingerprint density at radius 2 is 1.74 bits per heavy atom. The summed E-state index contributed by atoms with van der Waals surface area (Å²) in [6, 6.07) is 8.22. The fraction of sp³-hybridized carbons (Fsp3) is 0.562. The third-order valence-corrected chi connectivity index (χ3v) is 10.2. The van der Waals surface area contributed by atoms with Crippen molar-refractivity contribution >= 4 is 40.7 Å². The summed E-state index contributed by atoms with van der Waals surface area (Å²) in [6.45, 7) is -1.14. The molecular formula is C32H38Cl2F3N3O3. The van der Waals surface area contributed by atoms with Gasteiger partial charge in [0.05, 0.1) is 30.3 Å². The van der Waals surface area contributed by atoms with Gasteiger partial charge in [-0.05, 0) is 93.0 Å². The number of aliphatic hydroxyl groups excluding tert-OH is 1.